The quantitative estimate of drug-likeness (QED) is 0.740. The summed E-state index contributed by atoms with van der Waals surface area (Å²) < 4.78 is 13.1. The van der Waals surface area contributed by atoms with Crippen molar-refractivity contribution in [1.82, 2.24) is 0 Å². The van der Waals surface area contributed by atoms with Crippen LogP contribution in [-0.2, 0) is 0 Å². The van der Waals surface area contributed by atoms with Crippen LogP contribution in [0.2, 0.25) is 5.02 Å². The molecule has 0 unspecified atom stereocenters. The summed E-state index contributed by atoms with van der Waals surface area (Å²) in [5.74, 6) is -1.39. The van der Waals surface area contributed by atoms with Crippen LogP contribution < -0.4 is 11.1 Å². The zero-order valence-electron chi connectivity index (χ0n) is 9.65. The van der Waals surface area contributed by atoms with E-state index >= 15 is 0 Å². The number of nitrogens with two attached hydrogens (primary N) is 1. The average molecular weight is 281 g/mol. The first-order valence-corrected chi connectivity index (χ1v) is 5.69. The van der Waals surface area contributed by atoms with Gasteiger partial charge in [0.1, 0.15) is 11.6 Å². The van der Waals surface area contributed by atoms with Gasteiger partial charge >= 0.3 is 0 Å². The van der Waals surface area contributed by atoms with E-state index in [2.05, 4.69) is 5.32 Å². The first-order chi connectivity index (χ1) is 8.95. The maximum atomic E-state index is 13.1. The Balaban J connectivity index is 2.28. The Hall–Kier alpha value is -2.27. The first kappa shape index (κ1) is 13.2. The first-order valence-electron chi connectivity index (χ1n) is 5.31. The van der Waals surface area contributed by atoms with Gasteiger partial charge in [-0.15, -0.1) is 0 Å². The fourth-order valence-electron chi connectivity index (χ4n) is 1.57. The van der Waals surface area contributed by atoms with Crippen LogP contribution in [0.3, 0.4) is 0 Å². The van der Waals surface area contributed by atoms with Gasteiger partial charge in [-0.1, -0.05) is 11.6 Å². The minimum Gasteiger partial charge on any atom is -0.507 e. The number of halogens is 2. The van der Waals surface area contributed by atoms with Crippen molar-refractivity contribution >= 4 is 28.9 Å². The van der Waals surface area contributed by atoms with Gasteiger partial charge in [0, 0.05) is 16.4 Å². The summed E-state index contributed by atoms with van der Waals surface area (Å²) in [4.78, 5) is 11.9. The number of nitrogen functional groups attached to an aromatic ring is 1. The smallest absolute Gasteiger partial charge is 0.259 e. The molecule has 19 heavy (non-hydrogen) atoms. The molecule has 6 heteroatoms. The summed E-state index contributed by atoms with van der Waals surface area (Å²) >= 11 is 5.74. The van der Waals surface area contributed by atoms with Crippen LogP contribution in [0.4, 0.5) is 15.8 Å². The van der Waals surface area contributed by atoms with E-state index in [1.54, 1.807) is 0 Å². The summed E-state index contributed by atoms with van der Waals surface area (Å²) in [6.45, 7) is 0. The van der Waals surface area contributed by atoms with Gasteiger partial charge in [-0.25, -0.2) is 4.39 Å². The maximum absolute atomic E-state index is 13.1. The van der Waals surface area contributed by atoms with Crippen LogP contribution >= 0.6 is 11.6 Å². The van der Waals surface area contributed by atoms with E-state index in [9.17, 15) is 14.3 Å². The number of hydrogen-bond donors (Lipinski definition) is 3. The Morgan fingerprint density at radius 2 is 2.00 bits per heavy atom. The monoisotopic (exact) mass is 280 g/mol. The Morgan fingerprint density at radius 3 is 2.68 bits per heavy atom. The van der Waals surface area contributed by atoms with Gasteiger partial charge in [0.05, 0.1) is 5.56 Å². The number of carbonyl (C=O) groups is 1. The van der Waals surface area contributed by atoms with Gasteiger partial charge in [-0.2, -0.15) is 0 Å². The molecule has 0 aliphatic carbocycles. The van der Waals surface area contributed by atoms with E-state index in [-0.39, 0.29) is 22.7 Å². The van der Waals surface area contributed by atoms with Gasteiger partial charge in [0.2, 0.25) is 0 Å². The number of phenolic OH excluding ortho intramolecular Hbond substituents is 1. The van der Waals surface area contributed by atoms with Crippen LogP contribution in [-0.4, -0.2) is 11.0 Å². The lowest BCUT2D eigenvalue weighted by Crippen LogP contribution is -2.12. The molecule has 0 saturated carbocycles. The number of phenols is 1. The number of rotatable bonds is 2. The normalized spacial score (nSPS) is 10.2. The highest BCUT2D eigenvalue weighted by Crippen LogP contribution is 2.23. The van der Waals surface area contributed by atoms with Crippen LogP contribution in [0.25, 0.3) is 0 Å². The highest BCUT2D eigenvalue weighted by Gasteiger charge is 2.12. The molecule has 0 aliphatic heterocycles. The molecule has 4 nitrogen and oxygen atoms in total. The fourth-order valence-corrected chi connectivity index (χ4v) is 1.75. The molecule has 2 aromatic rings. The molecule has 0 heterocycles. The molecule has 2 rings (SSSR count). The molecule has 4 N–H and O–H groups in total. The van der Waals surface area contributed by atoms with Crippen molar-refractivity contribution in [2.75, 3.05) is 11.1 Å². The van der Waals surface area contributed by atoms with Crippen molar-refractivity contribution in [2.45, 2.75) is 0 Å². The lowest BCUT2D eigenvalue weighted by atomic mass is 10.2. The van der Waals surface area contributed by atoms with E-state index < -0.39 is 11.7 Å². The Labute approximate surface area is 113 Å². The molecule has 2 aromatic carbocycles. The van der Waals surface area contributed by atoms with Crippen molar-refractivity contribution in [3.8, 4) is 5.75 Å². The number of hydrogen-bond acceptors (Lipinski definition) is 3. The second-order valence-corrected chi connectivity index (χ2v) is 4.33. The topological polar surface area (TPSA) is 75.3 Å². The third-order valence-electron chi connectivity index (χ3n) is 2.38. The van der Waals surface area contributed by atoms with Crippen molar-refractivity contribution in [2.24, 2.45) is 0 Å². The van der Waals surface area contributed by atoms with Crippen LogP contribution in [0, 0.1) is 5.82 Å². The van der Waals surface area contributed by atoms with Crippen LogP contribution in [0.5, 0.6) is 5.75 Å². The molecule has 0 bridgehead atoms. The zero-order valence-corrected chi connectivity index (χ0v) is 10.4. The van der Waals surface area contributed by atoms with Crippen LogP contribution in [0.1, 0.15) is 10.4 Å². The van der Waals surface area contributed by atoms with Gasteiger partial charge in [-0.05, 0) is 36.4 Å². The molecule has 98 valence electrons. The number of benzene rings is 2. The predicted octanol–water partition coefficient (Wildman–Crippen LogP) is 3.02. The second kappa shape index (κ2) is 5.16. The number of carbonyl (C=O) groups excluding carboxylic acids is 1. The standard InChI is InChI=1S/C13H10ClFN2O2/c14-7-1-2-12(18)11(3-7)13(19)17-10-5-8(15)4-9(16)6-10/h1-6,18H,16H2,(H,17,19). The summed E-state index contributed by atoms with van der Waals surface area (Å²) in [6.07, 6.45) is 0. The van der Waals surface area contributed by atoms with Gasteiger partial charge in [0.25, 0.3) is 5.91 Å². The Kier molecular flexibility index (Phi) is 3.57. The lowest BCUT2D eigenvalue weighted by molar-refractivity contribution is 0.102. The summed E-state index contributed by atoms with van der Waals surface area (Å²) in [7, 11) is 0. The Bertz CT molecular complexity index is 626. The zero-order chi connectivity index (χ0) is 14.0. The summed E-state index contributed by atoms with van der Waals surface area (Å²) in [5.41, 5.74) is 5.84. The number of amides is 1. The number of anilines is 2. The van der Waals surface area contributed by atoms with Crippen molar-refractivity contribution in [3.63, 3.8) is 0 Å². The van der Waals surface area contributed by atoms with Crippen molar-refractivity contribution in [3.05, 3.63) is 52.8 Å². The highest BCUT2D eigenvalue weighted by molar-refractivity contribution is 6.31. The predicted molar refractivity (Wildman–Crippen MR) is 71.9 cm³/mol. The molecule has 0 aliphatic rings. The van der Waals surface area contributed by atoms with Crippen molar-refractivity contribution < 1.29 is 14.3 Å². The molecule has 0 spiro atoms. The molecular weight excluding hydrogens is 271 g/mol. The van der Waals surface area contributed by atoms with Crippen LogP contribution in [0.15, 0.2) is 36.4 Å². The third kappa shape index (κ3) is 3.14. The largest absolute Gasteiger partial charge is 0.507 e. The molecule has 0 saturated heterocycles. The SMILES string of the molecule is Nc1cc(F)cc(NC(=O)c2cc(Cl)ccc2O)c1. The highest BCUT2D eigenvalue weighted by atomic mass is 35.5. The summed E-state index contributed by atoms with van der Waals surface area (Å²) in [6, 6.07) is 7.73. The minimum atomic E-state index is -0.606. The molecule has 0 radical (unpaired) electrons. The van der Waals surface area contributed by atoms with Gasteiger partial charge in [-0.3, -0.25) is 4.79 Å². The second-order valence-electron chi connectivity index (χ2n) is 3.89. The van der Waals surface area contributed by atoms with E-state index in [1.807, 2.05) is 0 Å². The fraction of sp³-hybridized carbons (Fsp3) is 0. The molecular formula is C13H10ClFN2O2. The van der Waals surface area contributed by atoms with E-state index in [0.717, 1.165) is 12.1 Å². The molecule has 1 amide bonds. The third-order valence-corrected chi connectivity index (χ3v) is 2.62. The maximum Gasteiger partial charge on any atom is 0.259 e. The Morgan fingerprint density at radius 1 is 1.26 bits per heavy atom. The van der Waals surface area contributed by atoms with Crippen molar-refractivity contribution in [1.29, 1.82) is 0 Å². The van der Waals surface area contributed by atoms with Gasteiger partial charge < -0.3 is 16.2 Å². The number of nitrogens with one attached hydrogen (secondary N) is 1. The molecule has 0 atom stereocenters. The average Bonchev–Trinajstić information content (AvgIpc) is 2.30. The minimum absolute atomic E-state index is 0.00432. The van der Waals surface area contributed by atoms with E-state index in [0.29, 0.717) is 5.02 Å². The number of aromatic hydroxyl groups is 1. The van der Waals surface area contributed by atoms with Gasteiger partial charge in [0.15, 0.2) is 0 Å². The molecule has 0 aromatic heterocycles. The van der Waals surface area contributed by atoms with E-state index in [1.165, 1.54) is 24.3 Å². The molecule has 0 fully saturated rings. The lowest BCUT2D eigenvalue weighted by Gasteiger charge is -2.08. The summed E-state index contributed by atoms with van der Waals surface area (Å²) in [5, 5.41) is 12.3. The van der Waals surface area contributed by atoms with E-state index in [4.69, 9.17) is 17.3 Å².